The van der Waals surface area contributed by atoms with Crippen LogP contribution in [0.25, 0.3) is 5.69 Å². The molecule has 1 aromatic carbocycles. The summed E-state index contributed by atoms with van der Waals surface area (Å²) in [6, 6.07) is 5.99. The molecule has 1 N–H and O–H groups in total. The smallest absolute Gasteiger partial charge is 0.293 e. The third kappa shape index (κ3) is 1.32. The van der Waals surface area contributed by atoms with Gasteiger partial charge in [0.25, 0.3) is 0 Å². The third-order valence-corrected chi connectivity index (χ3v) is 1.81. The number of halogens is 1. The topological polar surface area (TPSA) is 50.7 Å². The highest BCUT2D eigenvalue weighted by molar-refractivity contribution is 5.31. The van der Waals surface area contributed by atoms with Gasteiger partial charge < -0.3 is 0 Å². The van der Waals surface area contributed by atoms with Crippen LogP contribution in [0.4, 0.5) is 4.39 Å². The summed E-state index contributed by atoms with van der Waals surface area (Å²) >= 11 is 0. The molecule has 0 aliphatic heterocycles. The Labute approximate surface area is 79.0 Å². The van der Waals surface area contributed by atoms with Crippen molar-refractivity contribution in [3.8, 4) is 5.69 Å². The first-order valence-corrected chi connectivity index (χ1v) is 4.09. The number of nitrogens with zero attached hydrogens (tertiary/aromatic N) is 2. The van der Waals surface area contributed by atoms with E-state index >= 15 is 0 Å². The van der Waals surface area contributed by atoms with E-state index in [1.165, 1.54) is 12.1 Å². The number of H-pyrrole nitrogens is 1. The Kier molecular flexibility index (Phi) is 1.92. The Hall–Kier alpha value is -1.91. The zero-order valence-corrected chi connectivity index (χ0v) is 7.49. The summed E-state index contributed by atoms with van der Waals surface area (Å²) in [7, 11) is 0. The predicted molar refractivity (Wildman–Crippen MR) is 48.9 cm³/mol. The van der Waals surface area contributed by atoms with Gasteiger partial charge in [0.05, 0.1) is 0 Å². The first kappa shape index (κ1) is 8.68. The van der Waals surface area contributed by atoms with Gasteiger partial charge in [-0.2, -0.15) is 9.78 Å². The van der Waals surface area contributed by atoms with Crippen LogP contribution in [0, 0.1) is 12.7 Å². The second-order valence-electron chi connectivity index (χ2n) is 2.88. The molecule has 0 radical (unpaired) electrons. The molecule has 0 bridgehead atoms. The van der Waals surface area contributed by atoms with E-state index in [1.54, 1.807) is 19.1 Å². The quantitative estimate of drug-likeness (QED) is 0.734. The van der Waals surface area contributed by atoms with Gasteiger partial charge in [-0.15, -0.1) is 0 Å². The fourth-order valence-electron chi connectivity index (χ4n) is 1.21. The zero-order valence-electron chi connectivity index (χ0n) is 7.49. The monoisotopic (exact) mass is 193 g/mol. The maximum Gasteiger partial charge on any atom is 0.348 e. The molecule has 5 heteroatoms. The summed E-state index contributed by atoms with van der Waals surface area (Å²) in [5, 5.41) is 3.85. The van der Waals surface area contributed by atoms with E-state index in [0.717, 1.165) is 4.68 Å². The van der Waals surface area contributed by atoms with Crippen LogP contribution in [0.5, 0.6) is 0 Å². The average molecular weight is 193 g/mol. The van der Waals surface area contributed by atoms with Crippen LogP contribution in [0.15, 0.2) is 29.1 Å². The summed E-state index contributed by atoms with van der Waals surface area (Å²) in [4.78, 5) is 13.7. The molecular weight excluding hydrogens is 185 g/mol. The standard InChI is InChI=1S/C9H8FN3O/c1-6-11-9(14)13(12-6)8-5-3-2-4-7(8)10/h2-5H,1H3,(H,11,12,14). The Bertz CT molecular complexity index is 515. The average Bonchev–Trinajstić information content (AvgIpc) is 2.46. The highest BCUT2D eigenvalue weighted by Crippen LogP contribution is 2.08. The van der Waals surface area contributed by atoms with E-state index in [4.69, 9.17) is 0 Å². The number of nitrogens with one attached hydrogen (secondary N) is 1. The molecule has 0 spiro atoms. The first-order chi connectivity index (χ1) is 6.68. The van der Waals surface area contributed by atoms with E-state index < -0.39 is 11.5 Å². The summed E-state index contributed by atoms with van der Waals surface area (Å²) in [6.45, 7) is 1.64. The molecule has 2 rings (SSSR count). The van der Waals surface area contributed by atoms with E-state index in [0.29, 0.717) is 5.82 Å². The minimum Gasteiger partial charge on any atom is -0.293 e. The SMILES string of the molecule is Cc1nn(-c2ccccc2F)c(=O)[nH]1. The van der Waals surface area contributed by atoms with E-state index in [2.05, 4.69) is 10.1 Å². The van der Waals surface area contributed by atoms with E-state index in [1.807, 2.05) is 0 Å². The van der Waals surface area contributed by atoms with Crippen molar-refractivity contribution in [1.82, 2.24) is 14.8 Å². The van der Waals surface area contributed by atoms with Crippen LogP contribution in [-0.4, -0.2) is 14.8 Å². The lowest BCUT2D eigenvalue weighted by atomic mass is 10.3. The van der Waals surface area contributed by atoms with Gasteiger partial charge in [-0.3, -0.25) is 4.98 Å². The summed E-state index contributed by atoms with van der Waals surface area (Å²) in [5.74, 6) is -0.0145. The molecular formula is C9H8FN3O. The maximum absolute atomic E-state index is 13.3. The van der Waals surface area contributed by atoms with Gasteiger partial charge in [-0.1, -0.05) is 12.1 Å². The lowest BCUT2D eigenvalue weighted by Crippen LogP contribution is -2.17. The molecule has 0 fully saturated rings. The van der Waals surface area contributed by atoms with Gasteiger partial charge in [0.2, 0.25) is 0 Å². The number of aromatic amines is 1. The van der Waals surface area contributed by atoms with Gasteiger partial charge in [0, 0.05) is 0 Å². The highest BCUT2D eigenvalue weighted by Gasteiger charge is 2.07. The van der Waals surface area contributed by atoms with Gasteiger partial charge in [-0.25, -0.2) is 9.18 Å². The van der Waals surface area contributed by atoms with E-state index in [9.17, 15) is 9.18 Å². The van der Waals surface area contributed by atoms with Crippen molar-refractivity contribution in [3.05, 3.63) is 46.4 Å². The molecule has 0 saturated carbocycles. The minimum absolute atomic E-state index is 0.154. The lowest BCUT2D eigenvalue weighted by molar-refractivity contribution is 0.607. The number of aryl methyl sites for hydroxylation is 1. The molecule has 1 heterocycles. The molecule has 14 heavy (non-hydrogen) atoms. The highest BCUT2D eigenvalue weighted by atomic mass is 19.1. The van der Waals surface area contributed by atoms with Gasteiger partial charge in [-0.05, 0) is 19.1 Å². The zero-order chi connectivity index (χ0) is 10.1. The van der Waals surface area contributed by atoms with Crippen LogP contribution in [0.1, 0.15) is 5.82 Å². The van der Waals surface area contributed by atoms with Crippen molar-refractivity contribution in [2.75, 3.05) is 0 Å². The second kappa shape index (κ2) is 3.10. The molecule has 0 unspecified atom stereocenters. The molecule has 4 nitrogen and oxygen atoms in total. The Morgan fingerprint density at radius 2 is 2.14 bits per heavy atom. The van der Waals surface area contributed by atoms with Crippen molar-refractivity contribution < 1.29 is 4.39 Å². The Morgan fingerprint density at radius 1 is 1.43 bits per heavy atom. The third-order valence-electron chi connectivity index (χ3n) is 1.81. The van der Waals surface area contributed by atoms with Crippen LogP contribution in [0.3, 0.4) is 0 Å². The fraction of sp³-hybridized carbons (Fsp3) is 0.111. The Morgan fingerprint density at radius 3 is 2.71 bits per heavy atom. The summed E-state index contributed by atoms with van der Waals surface area (Å²) in [5.41, 5.74) is -0.283. The van der Waals surface area contributed by atoms with Crippen LogP contribution < -0.4 is 5.69 Å². The molecule has 0 atom stereocenters. The van der Waals surface area contributed by atoms with Crippen molar-refractivity contribution in [1.29, 1.82) is 0 Å². The maximum atomic E-state index is 13.3. The van der Waals surface area contributed by atoms with Gasteiger partial charge in [0.15, 0.2) is 0 Å². The normalized spacial score (nSPS) is 10.4. The van der Waals surface area contributed by atoms with Crippen LogP contribution >= 0.6 is 0 Å². The fourth-order valence-corrected chi connectivity index (χ4v) is 1.21. The van der Waals surface area contributed by atoms with Crippen molar-refractivity contribution >= 4 is 0 Å². The molecule has 0 aliphatic rings. The minimum atomic E-state index is -0.471. The molecule has 0 saturated heterocycles. The Balaban J connectivity index is 2.66. The summed E-state index contributed by atoms with van der Waals surface area (Å²) < 4.78 is 14.3. The molecule has 72 valence electrons. The summed E-state index contributed by atoms with van der Waals surface area (Å²) in [6.07, 6.45) is 0. The van der Waals surface area contributed by atoms with Gasteiger partial charge in [0.1, 0.15) is 17.3 Å². The number of hydrogen-bond acceptors (Lipinski definition) is 2. The number of benzene rings is 1. The number of rotatable bonds is 1. The van der Waals surface area contributed by atoms with E-state index in [-0.39, 0.29) is 5.69 Å². The number of aromatic nitrogens is 3. The van der Waals surface area contributed by atoms with Gasteiger partial charge >= 0.3 is 5.69 Å². The molecule has 0 amide bonds. The second-order valence-corrected chi connectivity index (χ2v) is 2.88. The van der Waals surface area contributed by atoms with Crippen molar-refractivity contribution in [3.63, 3.8) is 0 Å². The van der Waals surface area contributed by atoms with Crippen LogP contribution in [-0.2, 0) is 0 Å². The van der Waals surface area contributed by atoms with Crippen LogP contribution in [0.2, 0.25) is 0 Å². The van der Waals surface area contributed by atoms with Crippen molar-refractivity contribution in [2.45, 2.75) is 6.92 Å². The van der Waals surface area contributed by atoms with Crippen molar-refractivity contribution in [2.24, 2.45) is 0 Å². The molecule has 0 aliphatic carbocycles. The number of para-hydroxylation sites is 1. The molecule has 2 aromatic rings. The predicted octanol–water partition coefficient (Wildman–Crippen LogP) is 1.01. The molecule has 1 aromatic heterocycles. The largest absolute Gasteiger partial charge is 0.348 e. The first-order valence-electron chi connectivity index (χ1n) is 4.09. The number of hydrogen-bond donors (Lipinski definition) is 1. The lowest BCUT2D eigenvalue weighted by Gasteiger charge is -1.99.